The largest absolute Gasteiger partial charge is 0.395 e. The van der Waals surface area contributed by atoms with E-state index in [1.54, 1.807) is 12.1 Å². The van der Waals surface area contributed by atoms with E-state index in [1.165, 1.54) is 4.31 Å². The van der Waals surface area contributed by atoms with E-state index in [0.29, 0.717) is 4.90 Å². The fourth-order valence-corrected chi connectivity index (χ4v) is 3.96. The van der Waals surface area contributed by atoms with Crippen LogP contribution in [0.1, 0.15) is 31.7 Å². The zero-order valence-electron chi connectivity index (χ0n) is 12.5. The fourth-order valence-electron chi connectivity index (χ4n) is 2.28. The highest BCUT2D eigenvalue weighted by Crippen LogP contribution is 2.31. The van der Waals surface area contributed by atoms with Crippen molar-refractivity contribution in [3.05, 3.63) is 29.8 Å². The molecule has 0 radical (unpaired) electrons. The maximum atomic E-state index is 12.6. The number of nitrogens with zero attached hydrogens (tertiary/aromatic N) is 1. The summed E-state index contributed by atoms with van der Waals surface area (Å²) in [6.45, 7) is 3.83. The summed E-state index contributed by atoms with van der Waals surface area (Å²) in [6, 6.07) is 7.07. The third kappa shape index (κ3) is 4.26. The maximum absolute atomic E-state index is 12.6. The van der Waals surface area contributed by atoms with E-state index in [4.69, 9.17) is 5.11 Å². The van der Waals surface area contributed by atoms with Gasteiger partial charge in [0.1, 0.15) is 0 Å². The van der Waals surface area contributed by atoms with Gasteiger partial charge in [-0.3, -0.25) is 0 Å². The van der Waals surface area contributed by atoms with Gasteiger partial charge in [-0.2, -0.15) is 4.31 Å². The highest BCUT2D eigenvalue weighted by molar-refractivity contribution is 7.89. The fraction of sp³-hybridized carbons (Fsp3) is 0.600. The first kappa shape index (κ1) is 16.4. The van der Waals surface area contributed by atoms with Gasteiger partial charge >= 0.3 is 0 Å². The second kappa shape index (κ2) is 7.35. The van der Waals surface area contributed by atoms with E-state index < -0.39 is 10.0 Å². The Hall–Kier alpha value is -0.950. The van der Waals surface area contributed by atoms with Gasteiger partial charge in [-0.1, -0.05) is 19.1 Å². The van der Waals surface area contributed by atoms with Crippen molar-refractivity contribution < 1.29 is 13.5 Å². The second-order valence-corrected chi connectivity index (χ2v) is 7.28. The molecule has 5 nitrogen and oxygen atoms in total. The van der Waals surface area contributed by atoms with Crippen LogP contribution in [0.15, 0.2) is 29.2 Å². The van der Waals surface area contributed by atoms with E-state index in [-0.39, 0.29) is 19.2 Å². The molecule has 1 aromatic rings. The Bertz CT molecular complexity index is 539. The topological polar surface area (TPSA) is 69.6 Å². The Labute approximate surface area is 127 Å². The normalized spacial score (nSPS) is 15.6. The summed E-state index contributed by atoms with van der Waals surface area (Å²) < 4.78 is 26.6. The molecule has 0 aromatic heterocycles. The zero-order chi connectivity index (χ0) is 15.3. The lowest BCUT2D eigenvalue weighted by Crippen LogP contribution is -2.35. The number of nitrogens with one attached hydrogen (secondary N) is 1. The van der Waals surface area contributed by atoms with Crippen molar-refractivity contribution in [3.8, 4) is 0 Å². The average Bonchev–Trinajstić information content (AvgIpc) is 3.30. The van der Waals surface area contributed by atoms with Crippen LogP contribution in [-0.4, -0.2) is 43.6 Å². The third-order valence-electron chi connectivity index (χ3n) is 3.56. The Balaban J connectivity index is 2.08. The van der Waals surface area contributed by atoms with Crippen molar-refractivity contribution >= 4 is 10.0 Å². The van der Waals surface area contributed by atoms with Gasteiger partial charge in [0.2, 0.25) is 10.0 Å². The van der Waals surface area contributed by atoms with Gasteiger partial charge in [-0.05, 0) is 43.5 Å². The summed E-state index contributed by atoms with van der Waals surface area (Å²) in [7, 11) is -3.49. The summed E-state index contributed by atoms with van der Waals surface area (Å²) in [6.07, 6.45) is 2.85. The highest BCUT2D eigenvalue weighted by Gasteiger charge is 2.37. The lowest BCUT2D eigenvalue weighted by molar-refractivity contribution is 0.250. The van der Waals surface area contributed by atoms with Crippen molar-refractivity contribution in [1.29, 1.82) is 0 Å². The number of aliphatic hydroxyl groups is 1. The van der Waals surface area contributed by atoms with Crippen molar-refractivity contribution in [1.82, 2.24) is 9.62 Å². The molecule has 1 fully saturated rings. The molecule has 6 heteroatoms. The molecule has 1 aliphatic carbocycles. The summed E-state index contributed by atoms with van der Waals surface area (Å²) in [5.74, 6) is 0. The van der Waals surface area contributed by atoms with Gasteiger partial charge in [0, 0.05) is 19.1 Å². The first-order chi connectivity index (χ1) is 10.1. The van der Waals surface area contributed by atoms with Gasteiger partial charge in [-0.15, -0.1) is 0 Å². The third-order valence-corrected chi connectivity index (χ3v) is 5.53. The van der Waals surface area contributed by atoms with Crippen LogP contribution in [-0.2, 0) is 16.6 Å². The van der Waals surface area contributed by atoms with Gasteiger partial charge in [-0.25, -0.2) is 8.42 Å². The molecule has 0 unspecified atom stereocenters. The van der Waals surface area contributed by atoms with Crippen LogP contribution >= 0.6 is 0 Å². The number of aliphatic hydroxyl groups excluding tert-OH is 1. The number of benzene rings is 1. The molecular formula is C15H24N2O3S. The van der Waals surface area contributed by atoms with E-state index >= 15 is 0 Å². The smallest absolute Gasteiger partial charge is 0.243 e. The monoisotopic (exact) mass is 312 g/mol. The Morgan fingerprint density at radius 1 is 1.29 bits per heavy atom. The SMILES string of the molecule is CCCNCc1ccc(S(=O)(=O)N(CCO)C2CC2)cc1. The van der Waals surface area contributed by atoms with Crippen LogP contribution in [0.5, 0.6) is 0 Å². The summed E-state index contributed by atoms with van der Waals surface area (Å²) in [4.78, 5) is 0.307. The van der Waals surface area contributed by atoms with Crippen LogP contribution in [0.2, 0.25) is 0 Å². The highest BCUT2D eigenvalue weighted by atomic mass is 32.2. The van der Waals surface area contributed by atoms with Crippen LogP contribution in [0.3, 0.4) is 0 Å². The average molecular weight is 312 g/mol. The zero-order valence-corrected chi connectivity index (χ0v) is 13.3. The van der Waals surface area contributed by atoms with E-state index in [0.717, 1.165) is 37.9 Å². The molecular weight excluding hydrogens is 288 g/mol. The molecule has 1 aromatic carbocycles. The number of hydrogen-bond donors (Lipinski definition) is 2. The first-order valence-corrected chi connectivity index (χ1v) is 8.96. The predicted octanol–water partition coefficient (Wildman–Crippen LogP) is 1.33. The lowest BCUT2D eigenvalue weighted by Gasteiger charge is -2.21. The molecule has 118 valence electrons. The maximum Gasteiger partial charge on any atom is 0.243 e. The quantitative estimate of drug-likeness (QED) is 0.675. The molecule has 0 spiro atoms. The molecule has 21 heavy (non-hydrogen) atoms. The van der Waals surface area contributed by atoms with Crippen molar-refractivity contribution in [2.45, 2.75) is 43.7 Å². The Kier molecular flexibility index (Phi) is 5.75. The van der Waals surface area contributed by atoms with Crippen molar-refractivity contribution in [2.24, 2.45) is 0 Å². The van der Waals surface area contributed by atoms with Crippen LogP contribution < -0.4 is 5.32 Å². The van der Waals surface area contributed by atoms with Gasteiger partial charge in [0.25, 0.3) is 0 Å². The summed E-state index contributed by atoms with van der Waals surface area (Å²) >= 11 is 0. The van der Waals surface area contributed by atoms with Crippen LogP contribution in [0, 0.1) is 0 Å². The molecule has 0 heterocycles. The standard InChI is InChI=1S/C15H24N2O3S/c1-2-9-16-12-13-3-7-15(8-4-13)21(19,20)17(10-11-18)14-5-6-14/h3-4,7-8,14,16,18H,2,5-6,9-12H2,1H3. The van der Waals surface area contributed by atoms with Gasteiger partial charge in [0.15, 0.2) is 0 Å². The van der Waals surface area contributed by atoms with Crippen molar-refractivity contribution in [3.63, 3.8) is 0 Å². The number of sulfonamides is 1. The molecule has 0 atom stereocenters. The van der Waals surface area contributed by atoms with E-state index in [1.807, 2.05) is 12.1 Å². The minimum atomic E-state index is -3.49. The van der Waals surface area contributed by atoms with Crippen LogP contribution in [0.4, 0.5) is 0 Å². The number of hydrogen-bond acceptors (Lipinski definition) is 4. The second-order valence-electron chi connectivity index (χ2n) is 5.39. The molecule has 1 aliphatic rings. The minimum absolute atomic E-state index is 0.0630. The molecule has 2 rings (SSSR count). The van der Waals surface area contributed by atoms with E-state index in [2.05, 4.69) is 12.2 Å². The predicted molar refractivity (Wildman–Crippen MR) is 82.4 cm³/mol. The minimum Gasteiger partial charge on any atom is -0.395 e. The molecule has 0 bridgehead atoms. The number of rotatable bonds is 9. The molecule has 1 saturated carbocycles. The van der Waals surface area contributed by atoms with Crippen LogP contribution in [0.25, 0.3) is 0 Å². The first-order valence-electron chi connectivity index (χ1n) is 7.52. The Morgan fingerprint density at radius 3 is 2.48 bits per heavy atom. The molecule has 0 saturated heterocycles. The summed E-state index contributed by atoms with van der Waals surface area (Å²) in [5.41, 5.74) is 1.07. The van der Waals surface area contributed by atoms with Gasteiger partial charge in [0.05, 0.1) is 11.5 Å². The lowest BCUT2D eigenvalue weighted by atomic mass is 10.2. The molecule has 0 aliphatic heterocycles. The van der Waals surface area contributed by atoms with Crippen molar-refractivity contribution in [2.75, 3.05) is 19.7 Å². The Morgan fingerprint density at radius 2 is 1.95 bits per heavy atom. The molecule has 2 N–H and O–H groups in total. The summed E-state index contributed by atoms with van der Waals surface area (Å²) in [5, 5.41) is 12.4. The van der Waals surface area contributed by atoms with Gasteiger partial charge < -0.3 is 10.4 Å². The molecule has 0 amide bonds. The van der Waals surface area contributed by atoms with E-state index in [9.17, 15) is 8.42 Å².